The number of hydrogen-bond donors (Lipinski definition) is 1. The molecule has 24 heavy (non-hydrogen) atoms. The van der Waals surface area contributed by atoms with Crippen LogP contribution < -0.4 is 5.32 Å². The molecular formula is C17H19F3N2OS. The quantitative estimate of drug-likeness (QED) is 0.904. The Hall–Kier alpha value is -1.60. The van der Waals surface area contributed by atoms with E-state index in [1.807, 2.05) is 0 Å². The summed E-state index contributed by atoms with van der Waals surface area (Å²) in [6, 6.07) is 4.80. The Morgan fingerprint density at radius 1 is 1.38 bits per heavy atom. The number of hydrogen-bond acceptors (Lipinski definition) is 3. The number of nitrogens with zero attached hydrogens (tertiary/aromatic N) is 1. The minimum absolute atomic E-state index is 0.0270. The highest BCUT2D eigenvalue weighted by molar-refractivity contribution is 7.21. The van der Waals surface area contributed by atoms with E-state index in [0.717, 1.165) is 4.70 Å². The van der Waals surface area contributed by atoms with Gasteiger partial charge in [-0.1, -0.05) is 6.07 Å². The lowest BCUT2D eigenvalue weighted by Crippen LogP contribution is -2.45. The molecule has 1 aliphatic heterocycles. The SMILES string of the molecule is Cc1c(C(=O)NC2CCN(CC(F)F)CC2)sc2cccc(F)c12. The first-order valence-corrected chi connectivity index (χ1v) is 8.76. The predicted molar refractivity (Wildman–Crippen MR) is 89.5 cm³/mol. The van der Waals surface area contributed by atoms with E-state index in [2.05, 4.69) is 5.32 Å². The lowest BCUT2D eigenvalue weighted by molar-refractivity contribution is 0.0697. The van der Waals surface area contributed by atoms with Gasteiger partial charge in [-0.15, -0.1) is 11.3 Å². The van der Waals surface area contributed by atoms with Gasteiger partial charge in [0.1, 0.15) is 5.82 Å². The van der Waals surface area contributed by atoms with E-state index in [0.29, 0.717) is 41.8 Å². The number of carbonyl (C=O) groups excluding carboxylic acids is 1. The highest BCUT2D eigenvalue weighted by Crippen LogP contribution is 2.32. The number of piperidine rings is 1. The largest absolute Gasteiger partial charge is 0.349 e. The third kappa shape index (κ3) is 3.57. The minimum atomic E-state index is -2.33. The molecule has 0 radical (unpaired) electrons. The molecule has 3 rings (SSSR count). The minimum Gasteiger partial charge on any atom is -0.349 e. The first kappa shape index (κ1) is 17.2. The van der Waals surface area contributed by atoms with Crippen molar-refractivity contribution >= 4 is 27.3 Å². The lowest BCUT2D eigenvalue weighted by Gasteiger charge is -2.31. The van der Waals surface area contributed by atoms with Crippen LogP contribution in [0.3, 0.4) is 0 Å². The number of likely N-dealkylation sites (tertiary alicyclic amines) is 1. The van der Waals surface area contributed by atoms with Gasteiger partial charge in [0.2, 0.25) is 0 Å². The molecule has 0 aliphatic carbocycles. The second kappa shape index (κ2) is 7.11. The third-order valence-corrected chi connectivity index (χ3v) is 5.68. The normalized spacial score (nSPS) is 16.9. The van der Waals surface area contributed by atoms with Crippen LogP contribution in [0.2, 0.25) is 0 Å². The molecule has 0 unspecified atom stereocenters. The van der Waals surface area contributed by atoms with E-state index in [1.54, 1.807) is 24.0 Å². The van der Waals surface area contributed by atoms with Gasteiger partial charge in [-0.3, -0.25) is 9.69 Å². The number of thiophene rings is 1. The van der Waals surface area contributed by atoms with Crippen LogP contribution in [0, 0.1) is 12.7 Å². The Morgan fingerprint density at radius 2 is 2.08 bits per heavy atom. The lowest BCUT2D eigenvalue weighted by atomic mass is 10.0. The fourth-order valence-corrected chi connectivity index (χ4v) is 4.30. The van der Waals surface area contributed by atoms with Crippen molar-refractivity contribution in [3.63, 3.8) is 0 Å². The zero-order valence-electron chi connectivity index (χ0n) is 13.3. The van der Waals surface area contributed by atoms with E-state index < -0.39 is 6.43 Å². The first-order valence-electron chi connectivity index (χ1n) is 7.94. The van der Waals surface area contributed by atoms with Crippen LogP contribution in [-0.2, 0) is 0 Å². The highest BCUT2D eigenvalue weighted by Gasteiger charge is 2.24. The van der Waals surface area contributed by atoms with Crippen molar-refractivity contribution in [3.8, 4) is 0 Å². The van der Waals surface area contributed by atoms with Crippen LogP contribution in [-0.4, -0.2) is 42.9 Å². The number of carbonyl (C=O) groups is 1. The van der Waals surface area contributed by atoms with E-state index >= 15 is 0 Å². The second-order valence-electron chi connectivity index (χ2n) is 6.11. The van der Waals surface area contributed by atoms with Crippen molar-refractivity contribution in [1.29, 1.82) is 0 Å². The van der Waals surface area contributed by atoms with Crippen molar-refractivity contribution in [3.05, 3.63) is 34.5 Å². The molecule has 2 heterocycles. The van der Waals surface area contributed by atoms with Gasteiger partial charge in [0.25, 0.3) is 12.3 Å². The first-order chi connectivity index (χ1) is 11.5. The third-order valence-electron chi connectivity index (χ3n) is 4.43. The van der Waals surface area contributed by atoms with E-state index in [-0.39, 0.29) is 24.3 Å². The average Bonchev–Trinajstić information content (AvgIpc) is 2.87. The topological polar surface area (TPSA) is 32.3 Å². The number of aryl methyl sites for hydroxylation is 1. The van der Waals surface area contributed by atoms with Gasteiger partial charge in [-0.05, 0) is 37.5 Å². The summed E-state index contributed by atoms with van der Waals surface area (Å²) in [6.07, 6.45) is -1.03. The van der Waals surface area contributed by atoms with Crippen LogP contribution in [0.25, 0.3) is 10.1 Å². The van der Waals surface area contributed by atoms with Crippen LogP contribution in [0.15, 0.2) is 18.2 Å². The van der Waals surface area contributed by atoms with Gasteiger partial charge in [0, 0.05) is 29.2 Å². The molecule has 1 aromatic carbocycles. The number of amides is 1. The van der Waals surface area contributed by atoms with Gasteiger partial charge in [0.15, 0.2) is 0 Å². The highest BCUT2D eigenvalue weighted by atomic mass is 32.1. The average molecular weight is 356 g/mol. The molecule has 1 fully saturated rings. The molecule has 3 nitrogen and oxygen atoms in total. The summed E-state index contributed by atoms with van der Waals surface area (Å²) in [6.45, 7) is 2.64. The van der Waals surface area contributed by atoms with E-state index in [4.69, 9.17) is 0 Å². The Kier molecular flexibility index (Phi) is 5.10. The van der Waals surface area contributed by atoms with Gasteiger partial charge in [-0.2, -0.15) is 0 Å². The Morgan fingerprint density at radius 3 is 2.71 bits per heavy atom. The molecule has 1 saturated heterocycles. The molecule has 1 aliphatic rings. The molecule has 1 N–H and O–H groups in total. The number of rotatable bonds is 4. The van der Waals surface area contributed by atoms with Gasteiger partial charge >= 0.3 is 0 Å². The number of halogens is 3. The smallest absolute Gasteiger partial charge is 0.261 e. The fourth-order valence-electron chi connectivity index (χ4n) is 3.18. The summed E-state index contributed by atoms with van der Waals surface area (Å²) < 4.78 is 39.5. The van der Waals surface area contributed by atoms with Gasteiger partial charge in [-0.25, -0.2) is 13.2 Å². The molecule has 2 aromatic rings. The maximum atomic E-state index is 13.9. The Labute approximate surface area is 142 Å². The van der Waals surface area contributed by atoms with Crippen LogP contribution in [0.4, 0.5) is 13.2 Å². The zero-order valence-corrected chi connectivity index (χ0v) is 14.1. The number of nitrogens with one attached hydrogen (secondary N) is 1. The standard InChI is InChI=1S/C17H19F3N2OS/c1-10-15-12(18)3-2-4-13(15)24-16(10)17(23)21-11-5-7-22(8-6-11)9-14(19)20/h2-4,11,14H,5-9H2,1H3,(H,21,23). The van der Waals surface area contributed by atoms with Crippen molar-refractivity contribution in [1.82, 2.24) is 10.2 Å². The molecule has 7 heteroatoms. The molecule has 1 amide bonds. The summed E-state index contributed by atoms with van der Waals surface area (Å²) >= 11 is 1.28. The van der Waals surface area contributed by atoms with Gasteiger partial charge in [0.05, 0.1) is 11.4 Å². The zero-order chi connectivity index (χ0) is 17.3. The summed E-state index contributed by atoms with van der Waals surface area (Å²) in [7, 11) is 0. The summed E-state index contributed by atoms with van der Waals surface area (Å²) in [5.41, 5.74) is 0.653. The number of fused-ring (bicyclic) bond motifs is 1. The molecular weight excluding hydrogens is 337 g/mol. The van der Waals surface area contributed by atoms with Crippen LogP contribution in [0.1, 0.15) is 28.1 Å². The van der Waals surface area contributed by atoms with Gasteiger partial charge < -0.3 is 5.32 Å². The maximum absolute atomic E-state index is 13.9. The molecule has 0 bridgehead atoms. The number of benzene rings is 1. The van der Waals surface area contributed by atoms with E-state index in [1.165, 1.54) is 17.4 Å². The van der Waals surface area contributed by atoms with E-state index in [9.17, 15) is 18.0 Å². The summed E-state index contributed by atoms with van der Waals surface area (Å²) in [5.74, 6) is -0.527. The Balaban J connectivity index is 1.66. The van der Waals surface area contributed by atoms with Crippen molar-refractivity contribution in [2.45, 2.75) is 32.2 Å². The fraction of sp³-hybridized carbons (Fsp3) is 0.471. The van der Waals surface area contributed by atoms with Crippen LogP contribution in [0.5, 0.6) is 0 Å². The molecule has 0 spiro atoms. The Bertz CT molecular complexity index is 739. The second-order valence-corrected chi connectivity index (χ2v) is 7.16. The predicted octanol–water partition coefficient (Wildman–Crippen LogP) is 3.81. The van der Waals surface area contributed by atoms with Crippen molar-refractivity contribution in [2.75, 3.05) is 19.6 Å². The maximum Gasteiger partial charge on any atom is 0.261 e. The summed E-state index contributed by atoms with van der Waals surface area (Å²) in [4.78, 5) is 14.8. The van der Waals surface area contributed by atoms with Crippen molar-refractivity contribution < 1.29 is 18.0 Å². The summed E-state index contributed by atoms with van der Waals surface area (Å²) in [5, 5.41) is 3.46. The molecule has 130 valence electrons. The van der Waals surface area contributed by atoms with Crippen LogP contribution >= 0.6 is 11.3 Å². The number of alkyl halides is 2. The van der Waals surface area contributed by atoms with Crippen molar-refractivity contribution in [2.24, 2.45) is 0 Å². The monoisotopic (exact) mass is 356 g/mol. The molecule has 1 aromatic heterocycles. The molecule has 0 saturated carbocycles. The molecule has 0 atom stereocenters.